The molecule has 0 radical (unpaired) electrons. The lowest BCUT2D eigenvalue weighted by molar-refractivity contribution is -0.134. The van der Waals surface area contributed by atoms with Gasteiger partial charge in [-0.2, -0.15) is 0 Å². The van der Waals surface area contributed by atoms with Crippen LogP contribution in [0, 0.1) is 5.92 Å². The summed E-state index contributed by atoms with van der Waals surface area (Å²) in [6, 6.07) is 3.68. The lowest BCUT2D eigenvalue weighted by Crippen LogP contribution is -2.48. The van der Waals surface area contributed by atoms with Crippen LogP contribution in [-0.4, -0.2) is 57.7 Å². The molecule has 8 nitrogen and oxygen atoms in total. The topological polar surface area (TPSA) is 83.8 Å². The molecule has 0 aliphatic carbocycles. The number of likely N-dealkylation sites (tertiary alicyclic amines) is 1. The Hall–Kier alpha value is -2.19. The normalized spacial score (nSPS) is 22.2. The van der Waals surface area contributed by atoms with Gasteiger partial charge in [0.2, 0.25) is 11.8 Å². The van der Waals surface area contributed by atoms with Gasteiger partial charge in [-0.1, -0.05) is 0 Å². The number of ether oxygens (including phenoxy) is 1. The fourth-order valence-corrected chi connectivity index (χ4v) is 3.29. The van der Waals surface area contributed by atoms with Crippen molar-refractivity contribution in [1.82, 2.24) is 30.3 Å². The van der Waals surface area contributed by atoms with Crippen molar-refractivity contribution in [1.29, 1.82) is 0 Å². The lowest BCUT2D eigenvalue weighted by atomic mass is 9.97. The monoisotopic (exact) mass is 330 g/mol. The van der Waals surface area contributed by atoms with E-state index in [4.69, 9.17) is 4.74 Å². The number of hydrogen-bond acceptors (Lipinski definition) is 6. The first kappa shape index (κ1) is 15.3. The minimum atomic E-state index is -0.0658. The highest BCUT2D eigenvalue weighted by atomic mass is 16.5. The van der Waals surface area contributed by atoms with Crippen LogP contribution in [0.15, 0.2) is 24.5 Å². The summed E-state index contributed by atoms with van der Waals surface area (Å²) in [6.07, 6.45) is 6.33. The average Bonchev–Trinajstić information content (AvgIpc) is 3.31. The highest BCUT2D eigenvalue weighted by Crippen LogP contribution is 2.20. The van der Waals surface area contributed by atoms with Crippen LogP contribution in [0.3, 0.4) is 0 Å². The molecule has 2 saturated heterocycles. The molecule has 4 rings (SSSR count). The number of nitrogens with zero attached hydrogens (tertiary/aromatic N) is 4. The van der Waals surface area contributed by atoms with Crippen LogP contribution in [0.5, 0.6) is 5.88 Å². The minimum Gasteiger partial charge on any atom is -0.476 e. The largest absolute Gasteiger partial charge is 0.476 e. The number of rotatable bonds is 4. The summed E-state index contributed by atoms with van der Waals surface area (Å²) in [5.74, 6) is 1.29. The van der Waals surface area contributed by atoms with Crippen LogP contribution in [0.1, 0.15) is 19.3 Å². The van der Waals surface area contributed by atoms with Crippen molar-refractivity contribution in [2.24, 2.45) is 5.92 Å². The molecule has 1 atom stereocenters. The molecule has 24 heavy (non-hydrogen) atoms. The maximum absolute atomic E-state index is 12.4. The smallest absolute Gasteiger partial charge is 0.241 e. The minimum absolute atomic E-state index is 0.0658. The van der Waals surface area contributed by atoms with Crippen molar-refractivity contribution in [2.75, 3.05) is 26.2 Å². The summed E-state index contributed by atoms with van der Waals surface area (Å²) in [4.78, 5) is 18.5. The van der Waals surface area contributed by atoms with Crippen LogP contribution in [-0.2, 0) is 4.79 Å². The summed E-state index contributed by atoms with van der Waals surface area (Å²) >= 11 is 0. The fourth-order valence-electron chi connectivity index (χ4n) is 3.29. The number of hydrogen-bond donors (Lipinski definition) is 2. The second-order valence-corrected chi connectivity index (χ2v) is 6.39. The number of fused-ring (bicyclic) bond motifs is 1. The third-order valence-electron chi connectivity index (χ3n) is 4.76. The summed E-state index contributed by atoms with van der Waals surface area (Å²) in [6.45, 7) is 3.10. The van der Waals surface area contributed by atoms with Crippen molar-refractivity contribution < 1.29 is 9.53 Å². The Kier molecular flexibility index (Phi) is 4.31. The van der Waals surface area contributed by atoms with Gasteiger partial charge in [-0.3, -0.25) is 10.2 Å². The van der Waals surface area contributed by atoms with Gasteiger partial charge in [0, 0.05) is 38.1 Å². The molecule has 2 aromatic rings. The number of piperidine rings is 1. The second-order valence-electron chi connectivity index (χ2n) is 6.39. The van der Waals surface area contributed by atoms with E-state index in [9.17, 15) is 4.79 Å². The van der Waals surface area contributed by atoms with Gasteiger partial charge >= 0.3 is 0 Å². The van der Waals surface area contributed by atoms with Crippen LogP contribution < -0.4 is 15.6 Å². The average molecular weight is 330 g/mol. The van der Waals surface area contributed by atoms with E-state index >= 15 is 0 Å². The van der Waals surface area contributed by atoms with E-state index in [0.29, 0.717) is 18.4 Å². The Morgan fingerprint density at radius 3 is 2.96 bits per heavy atom. The number of aromatic nitrogens is 3. The first-order chi connectivity index (χ1) is 11.8. The summed E-state index contributed by atoms with van der Waals surface area (Å²) < 4.78 is 7.54. The third kappa shape index (κ3) is 3.20. The van der Waals surface area contributed by atoms with Crippen LogP contribution >= 0.6 is 0 Å². The predicted octanol–water partition coefficient (Wildman–Crippen LogP) is 0.213. The Morgan fingerprint density at radius 2 is 2.17 bits per heavy atom. The SMILES string of the molecule is O=C(C1CCNN1)N1CCC(COc2ccc3nccn3n2)CC1. The summed E-state index contributed by atoms with van der Waals surface area (Å²) in [5, 5.41) is 4.37. The molecule has 2 aliphatic rings. The molecule has 0 spiro atoms. The van der Waals surface area contributed by atoms with E-state index in [2.05, 4.69) is 20.9 Å². The quantitative estimate of drug-likeness (QED) is 0.834. The van der Waals surface area contributed by atoms with E-state index in [-0.39, 0.29) is 11.9 Å². The van der Waals surface area contributed by atoms with Crippen molar-refractivity contribution in [2.45, 2.75) is 25.3 Å². The number of hydrazine groups is 1. The molecular weight excluding hydrogens is 308 g/mol. The van der Waals surface area contributed by atoms with Crippen molar-refractivity contribution in [3.05, 3.63) is 24.5 Å². The van der Waals surface area contributed by atoms with Crippen molar-refractivity contribution >= 4 is 11.6 Å². The zero-order valence-electron chi connectivity index (χ0n) is 13.5. The molecule has 0 bridgehead atoms. The van der Waals surface area contributed by atoms with E-state index in [1.165, 1.54) is 0 Å². The third-order valence-corrected chi connectivity index (χ3v) is 4.76. The molecule has 1 amide bonds. The van der Waals surface area contributed by atoms with E-state index in [1.54, 1.807) is 16.9 Å². The zero-order chi connectivity index (χ0) is 16.4. The van der Waals surface area contributed by atoms with Gasteiger partial charge in [-0.25, -0.2) is 14.9 Å². The first-order valence-electron chi connectivity index (χ1n) is 8.50. The molecule has 2 N–H and O–H groups in total. The number of carbonyl (C=O) groups excluding carboxylic acids is 1. The van der Waals surface area contributed by atoms with Crippen LogP contribution in [0.4, 0.5) is 0 Å². The highest BCUT2D eigenvalue weighted by molar-refractivity contribution is 5.82. The number of imidazole rings is 1. The molecule has 0 aromatic carbocycles. The van der Waals surface area contributed by atoms with Crippen molar-refractivity contribution in [3.8, 4) is 5.88 Å². The molecular formula is C16H22N6O2. The highest BCUT2D eigenvalue weighted by Gasteiger charge is 2.30. The van der Waals surface area contributed by atoms with Gasteiger partial charge in [-0.05, 0) is 31.2 Å². The second kappa shape index (κ2) is 6.74. The van der Waals surface area contributed by atoms with Gasteiger partial charge in [0.25, 0.3) is 0 Å². The molecule has 2 aliphatic heterocycles. The molecule has 8 heteroatoms. The maximum atomic E-state index is 12.4. The zero-order valence-corrected chi connectivity index (χ0v) is 13.5. The van der Waals surface area contributed by atoms with E-state index in [1.807, 2.05) is 17.0 Å². The van der Waals surface area contributed by atoms with Gasteiger partial charge < -0.3 is 9.64 Å². The van der Waals surface area contributed by atoms with E-state index in [0.717, 1.165) is 44.5 Å². The summed E-state index contributed by atoms with van der Waals surface area (Å²) in [5.41, 5.74) is 6.87. The maximum Gasteiger partial charge on any atom is 0.241 e. The Labute approximate surface area is 140 Å². The molecule has 4 heterocycles. The summed E-state index contributed by atoms with van der Waals surface area (Å²) in [7, 11) is 0. The van der Waals surface area contributed by atoms with Gasteiger partial charge in [-0.15, -0.1) is 5.10 Å². The number of amides is 1. The van der Waals surface area contributed by atoms with Gasteiger partial charge in [0.05, 0.1) is 6.61 Å². The fraction of sp³-hybridized carbons (Fsp3) is 0.562. The van der Waals surface area contributed by atoms with Crippen LogP contribution in [0.2, 0.25) is 0 Å². The van der Waals surface area contributed by atoms with Gasteiger partial charge in [0.1, 0.15) is 6.04 Å². The molecule has 2 aromatic heterocycles. The predicted molar refractivity (Wildman–Crippen MR) is 87.3 cm³/mol. The number of carbonyl (C=O) groups is 1. The van der Waals surface area contributed by atoms with Gasteiger partial charge in [0.15, 0.2) is 5.65 Å². The molecule has 2 fully saturated rings. The van der Waals surface area contributed by atoms with Crippen LogP contribution in [0.25, 0.3) is 5.65 Å². The standard InChI is InChI=1S/C16H22N6O2/c23-16(13-3-6-18-19-13)21-8-4-12(5-9-21)11-24-15-2-1-14-17-7-10-22(14)20-15/h1-2,7,10,12-13,18-19H,3-6,8-9,11H2. The van der Waals surface area contributed by atoms with Crippen molar-refractivity contribution in [3.63, 3.8) is 0 Å². The molecule has 1 unspecified atom stereocenters. The Balaban J connectivity index is 1.26. The van der Waals surface area contributed by atoms with E-state index < -0.39 is 0 Å². The molecule has 0 saturated carbocycles. The first-order valence-corrected chi connectivity index (χ1v) is 8.50. The molecule has 128 valence electrons. The number of nitrogens with one attached hydrogen (secondary N) is 2. The lowest BCUT2D eigenvalue weighted by Gasteiger charge is -2.33. The Bertz CT molecular complexity index is 703. The Morgan fingerprint density at radius 1 is 1.29 bits per heavy atom.